The average molecular weight is 160 g/mol. The first-order valence-electron chi connectivity index (χ1n) is 2.76. The van der Waals surface area contributed by atoms with Gasteiger partial charge >= 0.3 is 0 Å². The lowest BCUT2D eigenvalue weighted by molar-refractivity contribution is 0.334. The lowest BCUT2D eigenvalue weighted by atomic mass is 10.2. The van der Waals surface area contributed by atoms with Crippen LogP contribution in [0.1, 0.15) is 5.56 Å². The van der Waals surface area contributed by atoms with Gasteiger partial charge in [-0.3, -0.25) is 0 Å². The van der Waals surface area contributed by atoms with Crippen molar-refractivity contribution in [3.8, 4) is 5.75 Å². The number of nitrogens with two attached hydrogens (primary N) is 1. The van der Waals surface area contributed by atoms with Crippen molar-refractivity contribution in [3.05, 3.63) is 29.8 Å². The summed E-state index contributed by atoms with van der Waals surface area (Å²) in [6, 6.07) is 7.58. The van der Waals surface area contributed by atoms with Gasteiger partial charge in [0, 0.05) is 0 Å². The number of rotatable bonds is 1. The Kier molecular flexibility index (Phi) is 3.84. The highest BCUT2D eigenvalue weighted by molar-refractivity contribution is 5.85. The van der Waals surface area contributed by atoms with Gasteiger partial charge in [-0.2, -0.15) is 5.90 Å². The third-order valence-corrected chi connectivity index (χ3v) is 1.13. The minimum atomic E-state index is 0. The molecule has 0 saturated heterocycles. The molecule has 0 amide bonds. The molecule has 0 fully saturated rings. The van der Waals surface area contributed by atoms with Crippen LogP contribution in [0.4, 0.5) is 0 Å². The minimum absolute atomic E-state index is 0. The van der Waals surface area contributed by atoms with E-state index in [1.54, 1.807) is 0 Å². The fraction of sp³-hybridized carbons (Fsp3) is 0.143. The summed E-state index contributed by atoms with van der Waals surface area (Å²) in [5.74, 6) is 5.62. The van der Waals surface area contributed by atoms with Crippen molar-refractivity contribution < 1.29 is 4.84 Å². The van der Waals surface area contributed by atoms with Crippen molar-refractivity contribution >= 4 is 12.4 Å². The van der Waals surface area contributed by atoms with Gasteiger partial charge in [-0.15, -0.1) is 12.4 Å². The van der Waals surface area contributed by atoms with Crippen LogP contribution in [0.15, 0.2) is 24.3 Å². The molecule has 0 saturated carbocycles. The summed E-state index contributed by atoms with van der Waals surface area (Å²) in [5, 5.41) is 0. The second-order valence-corrected chi connectivity index (χ2v) is 1.93. The molecule has 56 valence electrons. The molecule has 1 aromatic carbocycles. The van der Waals surface area contributed by atoms with E-state index in [2.05, 4.69) is 4.84 Å². The smallest absolute Gasteiger partial charge is 0.147 e. The van der Waals surface area contributed by atoms with Gasteiger partial charge in [-0.05, 0) is 24.6 Å². The molecule has 0 atom stereocenters. The summed E-state index contributed by atoms with van der Waals surface area (Å²) in [5.41, 5.74) is 1.15. The van der Waals surface area contributed by atoms with Crippen molar-refractivity contribution in [1.29, 1.82) is 0 Å². The fourth-order valence-electron chi connectivity index (χ4n) is 0.689. The summed E-state index contributed by atoms with van der Waals surface area (Å²) in [6.07, 6.45) is 0. The lowest BCUT2D eigenvalue weighted by Crippen LogP contribution is -2.01. The van der Waals surface area contributed by atoms with Crippen molar-refractivity contribution in [1.82, 2.24) is 0 Å². The summed E-state index contributed by atoms with van der Waals surface area (Å²) < 4.78 is 0. The van der Waals surface area contributed by atoms with E-state index >= 15 is 0 Å². The Morgan fingerprint density at radius 1 is 1.40 bits per heavy atom. The monoisotopic (exact) mass is 159 g/mol. The zero-order valence-electron chi connectivity index (χ0n) is 5.70. The predicted octanol–water partition coefficient (Wildman–Crippen LogP) is 1.67. The van der Waals surface area contributed by atoms with Crippen LogP contribution in [0.25, 0.3) is 0 Å². The number of aryl methyl sites for hydroxylation is 1. The lowest BCUT2D eigenvalue weighted by Gasteiger charge is -1.96. The molecular formula is C7H10ClNO. The molecule has 2 N–H and O–H groups in total. The van der Waals surface area contributed by atoms with Crippen LogP contribution in [0.2, 0.25) is 0 Å². The van der Waals surface area contributed by atoms with Crippen molar-refractivity contribution in [2.24, 2.45) is 5.90 Å². The standard InChI is InChI=1S/C7H9NO.ClH/c1-6-3-2-4-7(5-6)9-8;/h2-5H,8H2,1H3;1H. The van der Waals surface area contributed by atoms with Gasteiger partial charge in [-0.1, -0.05) is 12.1 Å². The van der Waals surface area contributed by atoms with Crippen LogP contribution in [0.5, 0.6) is 5.75 Å². The molecule has 2 nitrogen and oxygen atoms in total. The Morgan fingerprint density at radius 2 is 2.10 bits per heavy atom. The summed E-state index contributed by atoms with van der Waals surface area (Å²) in [7, 11) is 0. The van der Waals surface area contributed by atoms with E-state index in [1.165, 1.54) is 0 Å². The maximum Gasteiger partial charge on any atom is 0.147 e. The molecule has 0 aliphatic heterocycles. The first kappa shape index (κ1) is 9.27. The maximum absolute atomic E-state index is 4.92. The summed E-state index contributed by atoms with van der Waals surface area (Å²) >= 11 is 0. The van der Waals surface area contributed by atoms with Crippen LogP contribution in [0.3, 0.4) is 0 Å². The second kappa shape index (κ2) is 4.14. The van der Waals surface area contributed by atoms with Crippen LogP contribution in [0, 0.1) is 6.92 Å². The van der Waals surface area contributed by atoms with E-state index < -0.39 is 0 Å². The Balaban J connectivity index is 0.000000810. The van der Waals surface area contributed by atoms with Gasteiger partial charge in [-0.25, -0.2) is 0 Å². The van der Waals surface area contributed by atoms with Gasteiger partial charge < -0.3 is 4.84 Å². The molecule has 10 heavy (non-hydrogen) atoms. The van der Waals surface area contributed by atoms with E-state index in [1.807, 2.05) is 31.2 Å². The van der Waals surface area contributed by atoms with Gasteiger partial charge in [0.25, 0.3) is 0 Å². The van der Waals surface area contributed by atoms with Gasteiger partial charge in [0.15, 0.2) is 0 Å². The van der Waals surface area contributed by atoms with E-state index in [0.717, 1.165) is 5.56 Å². The highest BCUT2D eigenvalue weighted by Gasteiger charge is 1.87. The molecule has 0 unspecified atom stereocenters. The molecule has 0 spiro atoms. The predicted molar refractivity (Wildman–Crippen MR) is 43.2 cm³/mol. The highest BCUT2D eigenvalue weighted by atomic mass is 35.5. The molecule has 1 aromatic rings. The molecule has 3 heteroatoms. The zero-order valence-corrected chi connectivity index (χ0v) is 6.52. The van der Waals surface area contributed by atoms with Gasteiger partial charge in [0.1, 0.15) is 5.75 Å². The molecule has 0 radical (unpaired) electrons. The summed E-state index contributed by atoms with van der Waals surface area (Å²) in [4.78, 5) is 4.50. The zero-order chi connectivity index (χ0) is 6.69. The molecule has 0 bridgehead atoms. The molecule has 0 heterocycles. The molecule has 0 aliphatic carbocycles. The Labute approximate surface area is 66.4 Å². The molecule has 0 aromatic heterocycles. The average Bonchev–Trinajstić information content (AvgIpc) is 1.88. The Bertz CT molecular complexity index is 203. The third-order valence-electron chi connectivity index (χ3n) is 1.13. The van der Waals surface area contributed by atoms with Crippen molar-refractivity contribution in [3.63, 3.8) is 0 Å². The fourth-order valence-corrected chi connectivity index (χ4v) is 0.689. The van der Waals surface area contributed by atoms with E-state index in [9.17, 15) is 0 Å². The van der Waals surface area contributed by atoms with E-state index in [0.29, 0.717) is 5.75 Å². The Morgan fingerprint density at radius 3 is 2.50 bits per heavy atom. The molecular weight excluding hydrogens is 150 g/mol. The number of hydrogen-bond donors (Lipinski definition) is 1. The first-order chi connectivity index (χ1) is 4.33. The van der Waals surface area contributed by atoms with Crippen LogP contribution >= 0.6 is 12.4 Å². The highest BCUT2D eigenvalue weighted by Crippen LogP contribution is 2.09. The topological polar surface area (TPSA) is 35.2 Å². The molecule has 1 rings (SSSR count). The second-order valence-electron chi connectivity index (χ2n) is 1.93. The first-order valence-corrected chi connectivity index (χ1v) is 2.76. The van der Waals surface area contributed by atoms with E-state index in [-0.39, 0.29) is 12.4 Å². The van der Waals surface area contributed by atoms with Crippen LogP contribution in [-0.4, -0.2) is 0 Å². The van der Waals surface area contributed by atoms with Crippen LogP contribution < -0.4 is 10.7 Å². The normalized spacial score (nSPS) is 8.20. The van der Waals surface area contributed by atoms with Crippen molar-refractivity contribution in [2.75, 3.05) is 0 Å². The number of halogens is 1. The van der Waals surface area contributed by atoms with Gasteiger partial charge in [0.05, 0.1) is 0 Å². The summed E-state index contributed by atoms with van der Waals surface area (Å²) in [6.45, 7) is 1.99. The molecule has 0 aliphatic rings. The van der Waals surface area contributed by atoms with Gasteiger partial charge in [0.2, 0.25) is 0 Å². The van der Waals surface area contributed by atoms with E-state index in [4.69, 9.17) is 5.90 Å². The SMILES string of the molecule is Cc1cccc(ON)c1.Cl. The third kappa shape index (κ3) is 2.25. The number of hydrogen-bond acceptors (Lipinski definition) is 2. The largest absolute Gasteiger partial charge is 0.412 e. The quantitative estimate of drug-likeness (QED) is 0.633. The Hall–Kier alpha value is -0.730. The minimum Gasteiger partial charge on any atom is -0.412 e. The van der Waals surface area contributed by atoms with Crippen molar-refractivity contribution in [2.45, 2.75) is 6.92 Å². The number of benzene rings is 1. The van der Waals surface area contributed by atoms with Crippen LogP contribution in [-0.2, 0) is 0 Å². The maximum atomic E-state index is 4.92.